The second-order valence-electron chi connectivity index (χ2n) is 5.04. The first-order chi connectivity index (χ1) is 9.95. The molecule has 2 amide bonds. The van der Waals surface area contributed by atoms with Crippen molar-refractivity contribution in [2.45, 2.75) is 32.2 Å². The maximum absolute atomic E-state index is 13.3. The topological polar surface area (TPSA) is 70.2 Å². The van der Waals surface area contributed by atoms with Gasteiger partial charge in [0.05, 0.1) is 11.4 Å². The Morgan fingerprint density at radius 3 is 2.38 bits per heavy atom. The Bertz CT molecular complexity index is 557. The van der Waals surface area contributed by atoms with E-state index in [9.17, 15) is 18.4 Å². The molecule has 1 saturated heterocycles. The Hall–Kier alpha value is -2.02. The molecule has 3 N–H and O–H groups in total. The Kier molecular flexibility index (Phi) is 4.85. The third kappa shape index (κ3) is 4.22. The predicted molar refractivity (Wildman–Crippen MR) is 74.9 cm³/mol. The molecule has 0 bridgehead atoms. The molecule has 1 heterocycles. The summed E-state index contributed by atoms with van der Waals surface area (Å²) in [6.07, 6.45) is 2.17. The number of anilines is 2. The Morgan fingerprint density at radius 2 is 1.86 bits per heavy atom. The number of hydrogen-bond donors (Lipinski definition) is 3. The SMILES string of the molecule is CC(=O)Nc1cc(F)c(F)cc1NC(=O)CC1CCCN1. The van der Waals surface area contributed by atoms with Crippen LogP contribution in [0.25, 0.3) is 0 Å². The zero-order valence-corrected chi connectivity index (χ0v) is 11.6. The molecular formula is C14H17F2N3O2. The molecule has 1 aromatic carbocycles. The third-order valence-corrected chi connectivity index (χ3v) is 3.24. The van der Waals surface area contributed by atoms with E-state index in [0.717, 1.165) is 31.5 Å². The minimum absolute atomic E-state index is 0.0362. The Morgan fingerprint density at radius 1 is 1.24 bits per heavy atom. The lowest BCUT2D eigenvalue weighted by Crippen LogP contribution is -2.27. The highest BCUT2D eigenvalue weighted by atomic mass is 19.2. The highest BCUT2D eigenvalue weighted by Gasteiger charge is 2.19. The summed E-state index contributed by atoms with van der Waals surface area (Å²) in [4.78, 5) is 23.0. The van der Waals surface area contributed by atoms with Gasteiger partial charge in [0.2, 0.25) is 11.8 Å². The Labute approximate surface area is 121 Å². The molecule has 1 fully saturated rings. The first-order valence-electron chi connectivity index (χ1n) is 6.75. The zero-order valence-electron chi connectivity index (χ0n) is 11.6. The molecule has 114 valence electrons. The number of hydrogen-bond acceptors (Lipinski definition) is 3. The highest BCUT2D eigenvalue weighted by Crippen LogP contribution is 2.25. The number of nitrogens with one attached hydrogen (secondary N) is 3. The van der Waals surface area contributed by atoms with E-state index in [1.165, 1.54) is 6.92 Å². The van der Waals surface area contributed by atoms with Gasteiger partial charge in [-0.2, -0.15) is 0 Å². The second-order valence-corrected chi connectivity index (χ2v) is 5.04. The molecule has 7 heteroatoms. The molecule has 21 heavy (non-hydrogen) atoms. The predicted octanol–water partition coefficient (Wildman–Crippen LogP) is 2.00. The normalized spacial score (nSPS) is 17.6. The first-order valence-corrected chi connectivity index (χ1v) is 6.75. The number of rotatable bonds is 4. The molecule has 0 spiro atoms. The summed E-state index contributed by atoms with van der Waals surface area (Å²) in [5.41, 5.74) is 0.0845. The summed E-state index contributed by atoms with van der Waals surface area (Å²) < 4.78 is 26.5. The van der Waals surface area contributed by atoms with E-state index in [-0.39, 0.29) is 29.7 Å². The number of carbonyl (C=O) groups is 2. The van der Waals surface area contributed by atoms with Crippen molar-refractivity contribution in [3.05, 3.63) is 23.8 Å². The van der Waals surface area contributed by atoms with Crippen LogP contribution >= 0.6 is 0 Å². The van der Waals surface area contributed by atoms with E-state index in [2.05, 4.69) is 16.0 Å². The molecule has 1 aliphatic heterocycles. The monoisotopic (exact) mass is 297 g/mol. The van der Waals surface area contributed by atoms with Gasteiger partial charge in [-0.1, -0.05) is 0 Å². The van der Waals surface area contributed by atoms with Crippen LogP contribution in [0.3, 0.4) is 0 Å². The van der Waals surface area contributed by atoms with E-state index in [1.807, 2.05) is 0 Å². The summed E-state index contributed by atoms with van der Waals surface area (Å²) in [5, 5.41) is 8.05. The smallest absolute Gasteiger partial charge is 0.225 e. The summed E-state index contributed by atoms with van der Waals surface area (Å²) in [6.45, 7) is 2.12. The van der Waals surface area contributed by atoms with E-state index < -0.39 is 17.5 Å². The number of amides is 2. The number of benzene rings is 1. The van der Waals surface area contributed by atoms with Crippen LogP contribution in [0.2, 0.25) is 0 Å². The summed E-state index contributed by atoms with van der Waals surface area (Å²) >= 11 is 0. The zero-order chi connectivity index (χ0) is 15.4. The summed E-state index contributed by atoms with van der Waals surface area (Å²) in [7, 11) is 0. The Balaban J connectivity index is 2.11. The van der Waals surface area contributed by atoms with Gasteiger partial charge in [0, 0.05) is 31.5 Å². The summed E-state index contributed by atoms with van der Waals surface area (Å²) in [5.74, 6) is -2.92. The van der Waals surface area contributed by atoms with E-state index >= 15 is 0 Å². The van der Waals surface area contributed by atoms with Crippen LogP contribution in [-0.4, -0.2) is 24.4 Å². The van der Waals surface area contributed by atoms with Gasteiger partial charge in [0.25, 0.3) is 0 Å². The number of halogens is 2. The molecule has 1 aromatic rings. The lowest BCUT2D eigenvalue weighted by molar-refractivity contribution is -0.117. The van der Waals surface area contributed by atoms with Gasteiger partial charge in [-0.05, 0) is 19.4 Å². The van der Waals surface area contributed by atoms with Crippen molar-refractivity contribution in [1.29, 1.82) is 0 Å². The molecular weight excluding hydrogens is 280 g/mol. The van der Waals surface area contributed by atoms with Gasteiger partial charge in [0.15, 0.2) is 11.6 Å². The average Bonchev–Trinajstić information content (AvgIpc) is 2.87. The van der Waals surface area contributed by atoms with Crippen LogP contribution in [0.4, 0.5) is 20.2 Å². The van der Waals surface area contributed by atoms with Crippen LogP contribution in [0, 0.1) is 11.6 Å². The maximum Gasteiger partial charge on any atom is 0.225 e. The first kappa shape index (κ1) is 15.4. The maximum atomic E-state index is 13.3. The van der Waals surface area contributed by atoms with Gasteiger partial charge in [-0.15, -0.1) is 0 Å². The molecule has 0 saturated carbocycles. The van der Waals surface area contributed by atoms with Crippen molar-refractivity contribution in [2.24, 2.45) is 0 Å². The highest BCUT2D eigenvalue weighted by molar-refractivity contribution is 5.99. The van der Waals surface area contributed by atoms with Crippen molar-refractivity contribution in [3.63, 3.8) is 0 Å². The van der Waals surface area contributed by atoms with Gasteiger partial charge < -0.3 is 16.0 Å². The fourth-order valence-electron chi connectivity index (χ4n) is 2.30. The fraction of sp³-hybridized carbons (Fsp3) is 0.429. The average molecular weight is 297 g/mol. The van der Waals surface area contributed by atoms with E-state index in [1.54, 1.807) is 0 Å². The van der Waals surface area contributed by atoms with Gasteiger partial charge in [-0.3, -0.25) is 9.59 Å². The molecule has 0 aromatic heterocycles. The quantitative estimate of drug-likeness (QED) is 0.796. The number of carbonyl (C=O) groups excluding carboxylic acids is 2. The second kappa shape index (κ2) is 6.62. The molecule has 1 unspecified atom stereocenters. The van der Waals surface area contributed by atoms with E-state index in [0.29, 0.717) is 0 Å². The van der Waals surface area contributed by atoms with Crippen LogP contribution < -0.4 is 16.0 Å². The standard InChI is InChI=1S/C14H17F2N3O2/c1-8(20)18-12-6-10(15)11(16)7-13(12)19-14(21)5-9-3-2-4-17-9/h6-7,9,17H,2-5H2,1H3,(H,18,20)(H,19,21). The molecule has 1 atom stereocenters. The fourth-order valence-corrected chi connectivity index (χ4v) is 2.30. The molecule has 2 rings (SSSR count). The molecule has 1 aliphatic rings. The van der Waals surface area contributed by atoms with Crippen molar-refractivity contribution < 1.29 is 18.4 Å². The van der Waals surface area contributed by atoms with Crippen molar-refractivity contribution in [1.82, 2.24) is 5.32 Å². The van der Waals surface area contributed by atoms with E-state index in [4.69, 9.17) is 0 Å². The lowest BCUT2D eigenvalue weighted by Gasteiger charge is -2.14. The minimum atomic E-state index is -1.09. The van der Waals surface area contributed by atoms with Crippen LogP contribution in [-0.2, 0) is 9.59 Å². The minimum Gasteiger partial charge on any atom is -0.324 e. The van der Waals surface area contributed by atoms with Crippen LogP contribution in [0.5, 0.6) is 0 Å². The molecule has 0 radical (unpaired) electrons. The largest absolute Gasteiger partial charge is 0.324 e. The lowest BCUT2D eigenvalue weighted by atomic mass is 10.1. The van der Waals surface area contributed by atoms with Crippen LogP contribution in [0.1, 0.15) is 26.2 Å². The van der Waals surface area contributed by atoms with Crippen molar-refractivity contribution in [2.75, 3.05) is 17.2 Å². The van der Waals surface area contributed by atoms with Gasteiger partial charge in [0.1, 0.15) is 0 Å². The van der Waals surface area contributed by atoms with Crippen LogP contribution in [0.15, 0.2) is 12.1 Å². The van der Waals surface area contributed by atoms with Gasteiger partial charge >= 0.3 is 0 Å². The third-order valence-electron chi connectivity index (χ3n) is 3.24. The molecule has 0 aliphatic carbocycles. The van der Waals surface area contributed by atoms with Crippen molar-refractivity contribution >= 4 is 23.2 Å². The summed E-state index contributed by atoms with van der Waals surface area (Å²) in [6, 6.07) is 1.81. The van der Waals surface area contributed by atoms with Crippen molar-refractivity contribution in [3.8, 4) is 0 Å². The molecule has 5 nitrogen and oxygen atoms in total. The van der Waals surface area contributed by atoms with Gasteiger partial charge in [-0.25, -0.2) is 8.78 Å².